The molecule has 3 aromatic rings. The van der Waals surface area contributed by atoms with Crippen molar-refractivity contribution in [2.75, 3.05) is 11.9 Å². The molecule has 0 saturated heterocycles. The van der Waals surface area contributed by atoms with E-state index in [0.717, 1.165) is 33.3 Å². The molecule has 0 amide bonds. The Morgan fingerprint density at radius 3 is 1.62 bits per heavy atom. The molecule has 126 valence electrons. The molecule has 2 aromatic heterocycles. The van der Waals surface area contributed by atoms with Crippen LogP contribution in [0.2, 0.25) is 0 Å². The van der Waals surface area contributed by atoms with Gasteiger partial charge in [-0.2, -0.15) is 0 Å². The van der Waals surface area contributed by atoms with Crippen LogP contribution in [0.1, 0.15) is 22.3 Å². The lowest BCUT2D eigenvalue weighted by atomic mass is 10.1. The molecule has 4 heteroatoms. The summed E-state index contributed by atoms with van der Waals surface area (Å²) in [6.07, 6.45) is 6.91. The molecule has 0 bridgehead atoms. The van der Waals surface area contributed by atoms with E-state index < -0.39 is 0 Å². The average molecular weight is 403 g/mol. The number of benzene rings is 1. The fourth-order valence-electron chi connectivity index (χ4n) is 2.14. The lowest BCUT2D eigenvalue weighted by molar-refractivity contribution is 0.345. The Morgan fingerprint density at radius 1 is 0.692 bits per heavy atom. The first-order valence-corrected chi connectivity index (χ1v) is 9.13. The number of halogens is 1. The topological polar surface area (TPSA) is 35.0 Å². The first-order chi connectivity index (χ1) is 12.8. The smallest absolute Gasteiger partial charge is 0.121 e. The van der Waals surface area contributed by atoms with Crippen LogP contribution in [-0.4, -0.2) is 21.9 Å². The molecule has 0 unspecified atom stereocenters. The Bertz CT molecular complexity index is 905. The SMILES string of the molecule is BrCCOc1cc(C#Cc2ccncc2)cc(C#Cc2ccncc2)c1. The minimum atomic E-state index is 0.582. The fourth-order valence-corrected chi connectivity index (χ4v) is 2.30. The van der Waals surface area contributed by atoms with E-state index >= 15 is 0 Å². The van der Waals surface area contributed by atoms with E-state index in [0.29, 0.717) is 6.61 Å². The zero-order chi connectivity index (χ0) is 18.0. The number of rotatable bonds is 3. The van der Waals surface area contributed by atoms with Gasteiger partial charge in [0.15, 0.2) is 0 Å². The van der Waals surface area contributed by atoms with E-state index in [1.807, 2.05) is 42.5 Å². The molecule has 0 radical (unpaired) electrons. The molecule has 3 nitrogen and oxygen atoms in total. The van der Waals surface area contributed by atoms with E-state index in [1.165, 1.54) is 0 Å². The van der Waals surface area contributed by atoms with Gasteiger partial charge in [0.1, 0.15) is 5.75 Å². The summed E-state index contributed by atoms with van der Waals surface area (Å²) in [6.45, 7) is 0.582. The molecule has 0 aliphatic carbocycles. The third-order valence-electron chi connectivity index (χ3n) is 3.32. The third-order valence-corrected chi connectivity index (χ3v) is 3.64. The molecule has 0 aliphatic rings. The van der Waals surface area contributed by atoms with Crippen LogP contribution >= 0.6 is 15.9 Å². The van der Waals surface area contributed by atoms with Gasteiger partial charge < -0.3 is 4.74 Å². The minimum absolute atomic E-state index is 0.582. The highest BCUT2D eigenvalue weighted by Crippen LogP contribution is 2.17. The maximum Gasteiger partial charge on any atom is 0.121 e. The molecule has 26 heavy (non-hydrogen) atoms. The Morgan fingerprint density at radius 2 is 1.15 bits per heavy atom. The van der Waals surface area contributed by atoms with Gasteiger partial charge in [0, 0.05) is 52.4 Å². The number of alkyl halides is 1. The number of hydrogen-bond donors (Lipinski definition) is 0. The van der Waals surface area contributed by atoms with Crippen LogP contribution in [0.4, 0.5) is 0 Å². The highest BCUT2D eigenvalue weighted by atomic mass is 79.9. The fraction of sp³-hybridized carbons (Fsp3) is 0.0909. The van der Waals surface area contributed by atoms with Gasteiger partial charge in [0.25, 0.3) is 0 Å². The molecule has 3 rings (SSSR count). The van der Waals surface area contributed by atoms with Crippen LogP contribution in [0.3, 0.4) is 0 Å². The van der Waals surface area contributed by atoms with Crippen LogP contribution in [0, 0.1) is 23.7 Å². The van der Waals surface area contributed by atoms with Gasteiger partial charge >= 0.3 is 0 Å². The van der Waals surface area contributed by atoms with Crippen molar-refractivity contribution in [1.29, 1.82) is 0 Å². The molecule has 2 heterocycles. The van der Waals surface area contributed by atoms with Crippen molar-refractivity contribution in [2.24, 2.45) is 0 Å². The third kappa shape index (κ3) is 5.48. The molecule has 0 aliphatic heterocycles. The largest absolute Gasteiger partial charge is 0.493 e. The number of ether oxygens (including phenoxy) is 1. The second-order valence-corrected chi connectivity index (χ2v) is 6.05. The molecule has 0 saturated carbocycles. The zero-order valence-electron chi connectivity index (χ0n) is 13.9. The Balaban J connectivity index is 1.92. The molecule has 0 N–H and O–H groups in total. The first kappa shape index (κ1) is 17.7. The van der Waals surface area contributed by atoms with Gasteiger partial charge in [-0.05, 0) is 42.5 Å². The molecular weight excluding hydrogens is 388 g/mol. The summed E-state index contributed by atoms with van der Waals surface area (Å²) in [5.41, 5.74) is 3.54. The van der Waals surface area contributed by atoms with Gasteiger partial charge in [-0.3, -0.25) is 9.97 Å². The van der Waals surface area contributed by atoms with Crippen LogP contribution in [0.25, 0.3) is 0 Å². The van der Waals surface area contributed by atoms with Crippen molar-refractivity contribution >= 4 is 15.9 Å². The molecule has 1 aromatic carbocycles. The monoisotopic (exact) mass is 402 g/mol. The van der Waals surface area contributed by atoms with Crippen molar-refractivity contribution in [3.63, 3.8) is 0 Å². The summed E-state index contributed by atoms with van der Waals surface area (Å²) in [5, 5.41) is 0.762. The summed E-state index contributed by atoms with van der Waals surface area (Å²) < 4.78 is 5.74. The molecule has 0 fully saturated rings. The van der Waals surface area contributed by atoms with E-state index in [9.17, 15) is 0 Å². The predicted octanol–water partition coefficient (Wildman–Crippen LogP) is 4.05. The van der Waals surface area contributed by atoms with Crippen molar-refractivity contribution < 1.29 is 4.74 Å². The average Bonchev–Trinajstić information content (AvgIpc) is 2.71. The van der Waals surface area contributed by atoms with Gasteiger partial charge in [0.2, 0.25) is 0 Å². The minimum Gasteiger partial charge on any atom is -0.493 e. The van der Waals surface area contributed by atoms with E-state index in [4.69, 9.17) is 4.74 Å². The maximum absolute atomic E-state index is 5.74. The van der Waals surface area contributed by atoms with Crippen LogP contribution in [-0.2, 0) is 0 Å². The summed E-state index contributed by atoms with van der Waals surface area (Å²) >= 11 is 3.37. The van der Waals surface area contributed by atoms with Gasteiger partial charge in [0.05, 0.1) is 6.61 Å². The summed E-state index contributed by atoms with van der Waals surface area (Å²) in [5.74, 6) is 13.4. The second kappa shape index (κ2) is 9.42. The number of pyridine rings is 2. The van der Waals surface area contributed by atoms with Gasteiger partial charge in [-0.15, -0.1) is 0 Å². The van der Waals surface area contributed by atoms with Crippen LogP contribution in [0.15, 0.2) is 67.3 Å². The van der Waals surface area contributed by atoms with E-state index in [-0.39, 0.29) is 0 Å². The van der Waals surface area contributed by atoms with Gasteiger partial charge in [-0.1, -0.05) is 39.6 Å². The number of aromatic nitrogens is 2. The number of nitrogens with zero attached hydrogens (tertiary/aromatic N) is 2. The lowest BCUT2D eigenvalue weighted by Gasteiger charge is -2.05. The molecular formula is C22H15BrN2O. The highest BCUT2D eigenvalue weighted by molar-refractivity contribution is 9.09. The quantitative estimate of drug-likeness (QED) is 0.489. The van der Waals surface area contributed by atoms with Crippen LogP contribution < -0.4 is 4.74 Å². The number of hydrogen-bond acceptors (Lipinski definition) is 3. The first-order valence-electron chi connectivity index (χ1n) is 8.01. The standard InChI is InChI=1S/C22H15BrN2O/c23-9-14-26-22-16-20(3-1-18-5-10-24-11-6-18)15-21(17-22)4-2-19-7-12-25-13-8-19/h5-8,10-13,15-17H,9,14H2. The van der Waals surface area contributed by atoms with Crippen molar-refractivity contribution in [3.05, 3.63) is 89.5 Å². The van der Waals surface area contributed by atoms with Crippen LogP contribution in [0.5, 0.6) is 5.75 Å². The van der Waals surface area contributed by atoms with Crippen molar-refractivity contribution in [3.8, 4) is 29.4 Å². The van der Waals surface area contributed by atoms with E-state index in [1.54, 1.807) is 24.8 Å². The predicted molar refractivity (Wildman–Crippen MR) is 106 cm³/mol. The Kier molecular flexibility index (Phi) is 6.42. The lowest BCUT2D eigenvalue weighted by Crippen LogP contribution is -1.98. The van der Waals surface area contributed by atoms with E-state index in [2.05, 4.69) is 49.6 Å². The summed E-state index contributed by atoms with van der Waals surface area (Å²) in [7, 11) is 0. The molecule has 0 atom stereocenters. The summed E-state index contributed by atoms with van der Waals surface area (Å²) in [4.78, 5) is 8.00. The van der Waals surface area contributed by atoms with Crippen molar-refractivity contribution in [2.45, 2.75) is 0 Å². The normalized spacial score (nSPS) is 9.42. The van der Waals surface area contributed by atoms with Gasteiger partial charge in [-0.25, -0.2) is 0 Å². The van der Waals surface area contributed by atoms with Crippen molar-refractivity contribution in [1.82, 2.24) is 9.97 Å². The zero-order valence-corrected chi connectivity index (χ0v) is 15.5. The maximum atomic E-state index is 5.74. The second-order valence-electron chi connectivity index (χ2n) is 5.26. The Hall–Kier alpha value is -3.08. The summed E-state index contributed by atoms with van der Waals surface area (Å²) in [6, 6.07) is 13.3. The molecule has 0 spiro atoms. The Labute approximate surface area is 161 Å². The highest BCUT2D eigenvalue weighted by Gasteiger charge is 2.00.